The summed E-state index contributed by atoms with van der Waals surface area (Å²) in [7, 11) is 0. The van der Waals surface area contributed by atoms with Gasteiger partial charge in [0.05, 0.1) is 22.8 Å². The first-order chi connectivity index (χ1) is 44.0. The Morgan fingerprint density at radius 3 is 0.696 bits per heavy atom. The van der Waals surface area contributed by atoms with Gasteiger partial charge >= 0.3 is 0 Å². The lowest BCUT2D eigenvalue weighted by atomic mass is 9.87. The predicted molar refractivity (Wildman–Crippen MR) is 378 cm³/mol. The summed E-state index contributed by atoms with van der Waals surface area (Å²) in [5.74, 6) is 0. The molecule has 8 heteroatoms. The van der Waals surface area contributed by atoms with Crippen LogP contribution in [0.3, 0.4) is 0 Å². The van der Waals surface area contributed by atoms with Crippen molar-refractivity contribution in [2.24, 2.45) is 0 Å². The van der Waals surface area contributed by atoms with E-state index in [1.165, 1.54) is 44.5 Å². The summed E-state index contributed by atoms with van der Waals surface area (Å²) in [6.45, 7) is 30.2. The van der Waals surface area contributed by atoms with Crippen molar-refractivity contribution in [1.82, 2.24) is 19.9 Å². The molecule has 13 rings (SSSR count). The first kappa shape index (κ1) is 61.0. The van der Waals surface area contributed by atoms with Crippen molar-refractivity contribution in [2.75, 3.05) is 0 Å². The monoisotopic (exact) mass is 1210 g/mol. The second kappa shape index (κ2) is 24.4. The van der Waals surface area contributed by atoms with Crippen molar-refractivity contribution in [3.63, 3.8) is 0 Å². The van der Waals surface area contributed by atoms with Crippen LogP contribution < -0.4 is 18.3 Å². The number of H-pyrrole nitrogens is 2. The zero-order chi connectivity index (χ0) is 64.1. The van der Waals surface area contributed by atoms with Crippen LogP contribution in [-0.4, -0.2) is 19.9 Å². The topological polar surface area (TPSA) is 72.9 Å². The van der Waals surface area contributed by atoms with Gasteiger partial charge in [0, 0.05) is 115 Å². The molecule has 8 nitrogen and oxygen atoms in total. The summed E-state index contributed by atoms with van der Waals surface area (Å²) in [5, 5.41) is 0. The fourth-order valence-corrected chi connectivity index (χ4v) is 12.6. The SMILES string of the molecule is CC(C)(C)c1ccc(C[n+]2ccc(-c3c4nc(c(-c5cc[n+](Cc6ccc(C(C)(C)C)cc6)cc5)c5ccc([nH]5)c(-c5cc[n+](Cc6ccc(C(C)(C)C)cc6)cc5)c5ccc([nH]5)c(-c5cc[n+](Cc6ccc(C(C)(C)C)cc6)cc5)c5nc3C=C5)C=C4)cc2)cc1. The maximum Gasteiger partial charge on any atom is 0.173 e. The van der Waals surface area contributed by atoms with E-state index in [0.717, 1.165) is 116 Å². The molecule has 0 aliphatic carbocycles. The molecule has 0 saturated heterocycles. The van der Waals surface area contributed by atoms with E-state index in [1.807, 2.05) is 0 Å². The third-order valence-corrected chi connectivity index (χ3v) is 18.2. The van der Waals surface area contributed by atoms with E-state index >= 15 is 0 Å². The van der Waals surface area contributed by atoms with E-state index < -0.39 is 0 Å². The summed E-state index contributed by atoms with van der Waals surface area (Å²) in [4.78, 5) is 19.4. The number of nitrogens with zero attached hydrogens (tertiary/aromatic N) is 6. The molecule has 0 unspecified atom stereocenters. The van der Waals surface area contributed by atoms with Crippen LogP contribution in [0, 0.1) is 0 Å². The number of fused-ring (bicyclic) bond motifs is 8. The summed E-state index contributed by atoms with van der Waals surface area (Å²) < 4.78 is 9.02. The lowest BCUT2D eigenvalue weighted by molar-refractivity contribution is -0.688. The number of hydrogen-bond acceptors (Lipinski definition) is 2. The number of pyridine rings is 4. The minimum Gasteiger partial charge on any atom is -0.354 e. The average Bonchev–Trinajstić information content (AvgIpc) is 1.61. The molecule has 0 amide bonds. The molecule has 0 radical (unpaired) electrons. The number of benzene rings is 4. The summed E-state index contributed by atoms with van der Waals surface area (Å²) >= 11 is 0. The summed E-state index contributed by atoms with van der Waals surface area (Å²) in [5.41, 5.74) is 26.2. The Labute approximate surface area is 543 Å². The predicted octanol–water partition coefficient (Wildman–Crippen LogP) is 17.9. The standard InChI is InChI=1S/C84H85N8/c1-81(2,3)65-21-13-57(14-22-65)53-89-45-37-61(38-46-89)77-69-29-31-71(85-69)78(62-39-47-90(48-40-62)54-58-15-23-66(24-16-58)82(4,5)6)73-33-35-75(87-73)80(64-43-51-92(52-44-64)56-60-19-27-68(28-20-60)84(10,11)12)76-36-34-74(88-76)79(72-32-30-70(77)86-72)63-41-49-91(50-42-63)55-59-17-25-67(26-18-59)83(7,8)9/h13-52H,53-56H2,1-12H3,(H,85,86,87,88)/q+3/p+1. The number of nitrogens with one attached hydrogen (secondary N) is 2. The quantitative estimate of drug-likeness (QED) is 0.120. The Hall–Kier alpha value is -9.92. The number of aromatic amines is 2. The van der Waals surface area contributed by atoms with Gasteiger partial charge in [0.2, 0.25) is 0 Å². The highest BCUT2D eigenvalue weighted by atomic mass is 14.9. The second-order valence-electron chi connectivity index (χ2n) is 29.3. The Balaban J connectivity index is 0.986. The van der Waals surface area contributed by atoms with Gasteiger partial charge in [-0.2, -0.15) is 0 Å². The largest absolute Gasteiger partial charge is 0.354 e. The van der Waals surface area contributed by atoms with E-state index in [-0.39, 0.29) is 21.7 Å². The molecule has 4 aromatic carbocycles. The molecular weight excluding hydrogens is 1120 g/mol. The Morgan fingerprint density at radius 2 is 0.457 bits per heavy atom. The lowest BCUT2D eigenvalue weighted by Gasteiger charge is -2.18. The Kier molecular flexibility index (Phi) is 16.1. The van der Waals surface area contributed by atoms with Gasteiger partial charge in [0.25, 0.3) is 0 Å². The molecular formula is C84H86N8+4. The minimum absolute atomic E-state index is 0.0905. The molecule has 92 heavy (non-hydrogen) atoms. The fourth-order valence-electron chi connectivity index (χ4n) is 12.6. The number of rotatable bonds is 12. The normalized spacial score (nSPS) is 12.7. The molecule has 2 N–H and O–H groups in total. The van der Waals surface area contributed by atoms with Gasteiger partial charge < -0.3 is 9.97 Å². The zero-order valence-corrected chi connectivity index (χ0v) is 55.6. The minimum atomic E-state index is 0.0905. The molecule has 0 saturated carbocycles. The summed E-state index contributed by atoms with van der Waals surface area (Å²) in [6, 6.07) is 62.9. The van der Waals surface area contributed by atoms with Crippen LogP contribution in [0.4, 0.5) is 0 Å². The maximum absolute atomic E-state index is 5.67. The van der Waals surface area contributed by atoms with Crippen LogP contribution in [0.15, 0.2) is 219 Å². The van der Waals surface area contributed by atoms with Gasteiger partial charge in [-0.05, 0) is 115 Å². The van der Waals surface area contributed by atoms with Crippen LogP contribution in [0.2, 0.25) is 0 Å². The van der Waals surface area contributed by atoms with Crippen molar-refractivity contribution >= 4 is 46.4 Å². The number of hydrogen-bond donors (Lipinski definition) is 2. The van der Waals surface area contributed by atoms with Gasteiger partial charge in [0.15, 0.2) is 75.8 Å². The average molecular weight is 1210 g/mol. The van der Waals surface area contributed by atoms with Crippen molar-refractivity contribution < 1.29 is 18.3 Å². The molecule has 0 spiro atoms. The van der Waals surface area contributed by atoms with E-state index in [1.54, 1.807) is 0 Å². The molecule has 2 aliphatic rings. The van der Waals surface area contributed by atoms with Gasteiger partial charge in [-0.3, -0.25) is 0 Å². The molecule has 11 aromatic rings. The van der Waals surface area contributed by atoms with Gasteiger partial charge in [-0.25, -0.2) is 28.2 Å². The van der Waals surface area contributed by atoms with Crippen LogP contribution in [0.25, 0.3) is 90.9 Å². The van der Waals surface area contributed by atoms with E-state index in [4.69, 9.17) is 9.97 Å². The molecule has 0 atom stereocenters. The second-order valence-corrected chi connectivity index (χ2v) is 29.3. The third kappa shape index (κ3) is 13.3. The van der Waals surface area contributed by atoms with E-state index in [0.29, 0.717) is 0 Å². The van der Waals surface area contributed by atoms with E-state index in [9.17, 15) is 0 Å². The molecule has 8 bridgehead atoms. The van der Waals surface area contributed by atoms with Crippen LogP contribution in [0.5, 0.6) is 0 Å². The van der Waals surface area contributed by atoms with E-state index in [2.05, 4.69) is 355 Å². The lowest BCUT2D eigenvalue weighted by Crippen LogP contribution is -2.33. The van der Waals surface area contributed by atoms with Gasteiger partial charge in [0.1, 0.15) is 0 Å². The van der Waals surface area contributed by atoms with Gasteiger partial charge in [-0.15, -0.1) is 0 Å². The van der Waals surface area contributed by atoms with Crippen LogP contribution in [-0.2, 0) is 47.8 Å². The highest BCUT2D eigenvalue weighted by Crippen LogP contribution is 2.39. The molecule has 458 valence electrons. The fraction of sp³-hybridized carbons (Fsp3) is 0.238. The molecule has 2 aliphatic heterocycles. The Bertz CT molecular complexity index is 4530. The van der Waals surface area contributed by atoms with Crippen molar-refractivity contribution in [1.29, 1.82) is 0 Å². The van der Waals surface area contributed by atoms with Crippen LogP contribution in [0.1, 0.15) is 150 Å². The van der Waals surface area contributed by atoms with Gasteiger partial charge in [-0.1, -0.05) is 180 Å². The first-order valence-corrected chi connectivity index (χ1v) is 32.5. The van der Waals surface area contributed by atoms with Crippen molar-refractivity contribution in [2.45, 2.75) is 131 Å². The summed E-state index contributed by atoms with van der Waals surface area (Å²) in [6.07, 6.45) is 26.3. The molecule has 9 heterocycles. The zero-order valence-electron chi connectivity index (χ0n) is 55.6. The van der Waals surface area contributed by atoms with Crippen molar-refractivity contribution in [3.05, 3.63) is 287 Å². The molecule has 7 aromatic heterocycles. The molecule has 0 fully saturated rings. The highest BCUT2D eigenvalue weighted by molar-refractivity contribution is 6.00. The smallest absolute Gasteiger partial charge is 0.173 e. The maximum atomic E-state index is 5.67. The first-order valence-electron chi connectivity index (χ1n) is 32.5. The number of aromatic nitrogens is 8. The highest BCUT2D eigenvalue weighted by Gasteiger charge is 2.24. The third-order valence-electron chi connectivity index (χ3n) is 18.2. The Morgan fingerprint density at radius 1 is 0.250 bits per heavy atom. The van der Waals surface area contributed by atoms with Crippen molar-refractivity contribution in [3.8, 4) is 44.5 Å². The van der Waals surface area contributed by atoms with Crippen LogP contribution >= 0.6 is 0 Å².